The average Bonchev–Trinajstić information content (AvgIpc) is 2.67. The number of carbonyl (C=O) groups is 1. The number of amides is 1. The number of nitrogens with zero attached hydrogens (tertiary/aromatic N) is 1. The molecule has 0 aliphatic carbocycles. The Balaban J connectivity index is 1.54. The number of benzene rings is 2. The maximum Gasteiger partial charge on any atom is 0.220 e. The van der Waals surface area contributed by atoms with Crippen LogP contribution in [-0.2, 0) is 11.2 Å². The Labute approximate surface area is 178 Å². The highest BCUT2D eigenvalue weighted by atomic mass is 35.5. The average molecular weight is 419 g/mol. The third-order valence-corrected chi connectivity index (χ3v) is 6.16. The van der Waals surface area contributed by atoms with Crippen LogP contribution in [0.1, 0.15) is 50.3 Å². The molecule has 150 valence electrons. The van der Waals surface area contributed by atoms with E-state index in [4.69, 9.17) is 23.2 Å². The van der Waals surface area contributed by atoms with Crippen LogP contribution in [-0.4, -0.2) is 19.0 Å². The number of hydrogen-bond acceptors (Lipinski definition) is 2. The highest BCUT2D eigenvalue weighted by Crippen LogP contribution is 2.26. The molecule has 0 radical (unpaired) electrons. The van der Waals surface area contributed by atoms with Crippen molar-refractivity contribution in [1.29, 1.82) is 0 Å². The molecule has 0 spiro atoms. The fourth-order valence-corrected chi connectivity index (χ4v) is 4.39. The van der Waals surface area contributed by atoms with Gasteiger partial charge < -0.3 is 10.2 Å². The maximum absolute atomic E-state index is 12.4. The van der Waals surface area contributed by atoms with Crippen molar-refractivity contribution in [3.05, 3.63) is 63.6 Å². The molecule has 28 heavy (non-hydrogen) atoms. The highest BCUT2D eigenvalue weighted by Gasteiger charge is 2.17. The Hall–Kier alpha value is -1.71. The van der Waals surface area contributed by atoms with E-state index in [2.05, 4.69) is 41.4 Å². The Morgan fingerprint density at radius 3 is 2.50 bits per heavy atom. The zero-order chi connectivity index (χ0) is 20.1. The number of rotatable bonds is 6. The predicted molar refractivity (Wildman–Crippen MR) is 118 cm³/mol. The molecule has 1 amide bonds. The minimum absolute atomic E-state index is 0.00239. The summed E-state index contributed by atoms with van der Waals surface area (Å²) >= 11 is 12.4. The van der Waals surface area contributed by atoms with E-state index in [-0.39, 0.29) is 11.9 Å². The van der Waals surface area contributed by atoms with E-state index in [0.29, 0.717) is 22.9 Å². The van der Waals surface area contributed by atoms with Gasteiger partial charge in [0.15, 0.2) is 0 Å². The van der Waals surface area contributed by atoms with Gasteiger partial charge in [-0.15, -0.1) is 0 Å². The maximum atomic E-state index is 12.4. The zero-order valence-corrected chi connectivity index (χ0v) is 18.1. The molecule has 0 aromatic heterocycles. The van der Waals surface area contributed by atoms with Gasteiger partial charge in [-0.3, -0.25) is 4.79 Å². The molecule has 0 bridgehead atoms. The zero-order valence-electron chi connectivity index (χ0n) is 16.6. The van der Waals surface area contributed by atoms with E-state index >= 15 is 0 Å². The minimum atomic E-state index is -0.0384. The van der Waals surface area contributed by atoms with E-state index in [0.717, 1.165) is 30.1 Å². The van der Waals surface area contributed by atoms with Gasteiger partial charge in [-0.05, 0) is 67.5 Å². The molecule has 5 heteroatoms. The molecule has 0 saturated carbocycles. The SMILES string of the molecule is C[C@H]1CCCN(c2ccc([C@@H](C)NC(=O)CCc3c(Cl)cccc3Cl)cc2)C1. The molecule has 2 atom stereocenters. The van der Waals surface area contributed by atoms with E-state index in [1.807, 2.05) is 13.0 Å². The van der Waals surface area contributed by atoms with Crippen LogP contribution in [0.5, 0.6) is 0 Å². The van der Waals surface area contributed by atoms with Gasteiger partial charge in [0.25, 0.3) is 0 Å². The summed E-state index contributed by atoms with van der Waals surface area (Å²) in [6.45, 7) is 6.57. The van der Waals surface area contributed by atoms with Crippen molar-refractivity contribution in [2.45, 2.75) is 45.6 Å². The van der Waals surface area contributed by atoms with E-state index < -0.39 is 0 Å². The van der Waals surface area contributed by atoms with Crippen molar-refractivity contribution in [2.75, 3.05) is 18.0 Å². The van der Waals surface area contributed by atoms with Crippen LogP contribution in [0.4, 0.5) is 5.69 Å². The summed E-state index contributed by atoms with van der Waals surface area (Å²) in [6.07, 6.45) is 3.46. The van der Waals surface area contributed by atoms with Gasteiger partial charge in [0.1, 0.15) is 0 Å². The monoisotopic (exact) mass is 418 g/mol. The summed E-state index contributed by atoms with van der Waals surface area (Å²) in [5.74, 6) is 0.746. The van der Waals surface area contributed by atoms with Crippen LogP contribution in [0.3, 0.4) is 0 Å². The van der Waals surface area contributed by atoms with Crippen molar-refractivity contribution in [3.8, 4) is 0 Å². The lowest BCUT2D eigenvalue weighted by Crippen LogP contribution is -2.34. The van der Waals surface area contributed by atoms with Gasteiger partial charge in [-0.1, -0.05) is 48.3 Å². The third kappa shape index (κ3) is 5.42. The number of halogens is 2. The Morgan fingerprint density at radius 2 is 1.86 bits per heavy atom. The van der Waals surface area contributed by atoms with Gasteiger partial charge in [0.05, 0.1) is 6.04 Å². The molecular formula is C23H28Cl2N2O. The van der Waals surface area contributed by atoms with Crippen LogP contribution in [0.15, 0.2) is 42.5 Å². The second-order valence-electron chi connectivity index (χ2n) is 7.77. The van der Waals surface area contributed by atoms with Gasteiger partial charge >= 0.3 is 0 Å². The predicted octanol–water partition coefficient (Wildman–Crippen LogP) is 6.04. The number of carbonyl (C=O) groups excluding carboxylic acids is 1. The molecule has 2 aromatic rings. The van der Waals surface area contributed by atoms with Gasteiger partial charge in [-0.25, -0.2) is 0 Å². The number of piperidine rings is 1. The molecular weight excluding hydrogens is 391 g/mol. The second-order valence-corrected chi connectivity index (χ2v) is 8.59. The topological polar surface area (TPSA) is 32.3 Å². The molecule has 1 aliphatic heterocycles. The van der Waals surface area contributed by atoms with Crippen LogP contribution in [0, 0.1) is 5.92 Å². The lowest BCUT2D eigenvalue weighted by atomic mass is 9.99. The summed E-state index contributed by atoms with van der Waals surface area (Å²) in [6, 6.07) is 13.9. The molecule has 1 fully saturated rings. The van der Waals surface area contributed by atoms with E-state index in [1.165, 1.54) is 18.5 Å². The fourth-order valence-electron chi connectivity index (χ4n) is 3.80. The van der Waals surface area contributed by atoms with Gasteiger partial charge in [-0.2, -0.15) is 0 Å². The van der Waals surface area contributed by atoms with Crippen LogP contribution >= 0.6 is 23.2 Å². The Morgan fingerprint density at radius 1 is 1.18 bits per heavy atom. The van der Waals surface area contributed by atoms with Gasteiger partial charge in [0, 0.05) is 35.2 Å². The fraction of sp³-hybridized carbons (Fsp3) is 0.435. The first-order valence-electron chi connectivity index (χ1n) is 10.0. The molecule has 2 aromatic carbocycles. The lowest BCUT2D eigenvalue weighted by molar-refractivity contribution is -0.121. The van der Waals surface area contributed by atoms with Crippen LogP contribution < -0.4 is 10.2 Å². The highest BCUT2D eigenvalue weighted by molar-refractivity contribution is 6.36. The summed E-state index contributed by atoms with van der Waals surface area (Å²) in [7, 11) is 0. The standard InChI is InChI=1S/C23H28Cl2N2O/c1-16-5-4-14-27(15-16)19-10-8-18(9-11-19)17(2)26-23(28)13-12-20-21(24)6-3-7-22(20)25/h3,6-11,16-17H,4-5,12-15H2,1-2H3,(H,26,28)/t16-,17+/m0/s1. The summed E-state index contributed by atoms with van der Waals surface area (Å²) in [4.78, 5) is 14.8. The first-order valence-corrected chi connectivity index (χ1v) is 10.8. The van der Waals surface area contributed by atoms with Crippen molar-refractivity contribution in [3.63, 3.8) is 0 Å². The first-order chi connectivity index (χ1) is 13.4. The van der Waals surface area contributed by atoms with E-state index in [9.17, 15) is 4.79 Å². The molecule has 1 saturated heterocycles. The van der Waals surface area contributed by atoms with Crippen molar-refractivity contribution >= 4 is 34.8 Å². The first kappa shape index (κ1) is 21.0. The summed E-state index contributed by atoms with van der Waals surface area (Å²) < 4.78 is 0. The van der Waals surface area contributed by atoms with Crippen LogP contribution in [0.2, 0.25) is 10.0 Å². The normalized spacial score (nSPS) is 18.0. The molecule has 3 nitrogen and oxygen atoms in total. The van der Waals surface area contributed by atoms with Crippen molar-refractivity contribution < 1.29 is 4.79 Å². The molecule has 1 heterocycles. The Kier molecular flexibility index (Phi) is 7.25. The number of anilines is 1. The summed E-state index contributed by atoms with van der Waals surface area (Å²) in [5.41, 5.74) is 3.20. The Bertz CT molecular complexity index is 786. The quantitative estimate of drug-likeness (QED) is 0.619. The largest absolute Gasteiger partial charge is 0.371 e. The smallest absolute Gasteiger partial charge is 0.220 e. The molecule has 3 rings (SSSR count). The number of hydrogen-bond donors (Lipinski definition) is 1. The number of nitrogens with one attached hydrogen (secondary N) is 1. The minimum Gasteiger partial charge on any atom is -0.371 e. The molecule has 1 N–H and O–H groups in total. The molecule has 1 aliphatic rings. The van der Waals surface area contributed by atoms with Crippen LogP contribution in [0.25, 0.3) is 0 Å². The van der Waals surface area contributed by atoms with Crippen molar-refractivity contribution in [1.82, 2.24) is 5.32 Å². The summed E-state index contributed by atoms with van der Waals surface area (Å²) in [5, 5.41) is 4.29. The third-order valence-electron chi connectivity index (χ3n) is 5.46. The van der Waals surface area contributed by atoms with Gasteiger partial charge in [0.2, 0.25) is 5.91 Å². The van der Waals surface area contributed by atoms with E-state index in [1.54, 1.807) is 12.1 Å². The lowest BCUT2D eigenvalue weighted by Gasteiger charge is -2.33. The van der Waals surface area contributed by atoms with Crippen molar-refractivity contribution in [2.24, 2.45) is 5.92 Å². The molecule has 0 unspecified atom stereocenters. The second kappa shape index (κ2) is 9.67.